The molecule has 0 saturated heterocycles. The van der Waals surface area contributed by atoms with Gasteiger partial charge in [0.2, 0.25) is 0 Å². The van der Waals surface area contributed by atoms with E-state index in [-0.39, 0.29) is 22.0 Å². The quantitative estimate of drug-likeness (QED) is 0.647. The Bertz CT molecular complexity index is 696. The zero-order valence-electron chi connectivity index (χ0n) is 10.5. The van der Waals surface area contributed by atoms with Gasteiger partial charge in [0.1, 0.15) is 5.69 Å². The third kappa shape index (κ3) is 2.43. The van der Waals surface area contributed by atoms with Crippen LogP contribution in [0, 0.1) is 0 Å². The number of ether oxygens (including phenoxy) is 1. The zero-order valence-corrected chi connectivity index (χ0v) is 11.2. The number of nitrogen functional groups attached to an aromatic ring is 1. The number of aromatic nitrogens is 2. The smallest absolute Gasteiger partial charge is 0.340 e. The average molecular weight is 295 g/mol. The summed E-state index contributed by atoms with van der Waals surface area (Å²) in [5.74, 6) is -1.31. The molecule has 0 aliphatic carbocycles. The van der Waals surface area contributed by atoms with Gasteiger partial charge in [0.05, 0.1) is 23.4 Å². The maximum Gasteiger partial charge on any atom is 0.340 e. The lowest BCUT2D eigenvalue weighted by atomic mass is 10.1. The molecule has 0 bridgehead atoms. The Morgan fingerprint density at radius 3 is 2.65 bits per heavy atom. The highest BCUT2D eigenvalue weighted by Crippen LogP contribution is 2.28. The van der Waals surface area contributed by atoms with Gasteiger partial charge in [-0.25, -0.2) is 9.48 Å². The molecule has 1 aromatic carbocycles. The number of primary amides is 1. The van der Waals surface area contributed by atoms with E-state index in [0.717, 1.165) is 0 Å². The van der Waals surface area contributed by atoms with Gasteiger partial charge in [0.25, 0.3) is 5.91 Å². The van der Waals surface area contributed by atoms with E-state index in [2.05, 4.69) is 9.84 Å². The van der Waals surface area contributed by atoms with E-state index in [4.69, 9.17) is 23.1 Å². The molecule has 0 unspecified atom stereocenters. The summed E-state index contributed by atoms with van der Waals surface area (Å²) >= 11 is 6.09. The Labute approximate surface area is 119 Å². The number of methoxy groups -OCH3 is 1. The van der Waals surface area contributed by atoms with Crippen LogP contribution in [0.3, 0.4) is 0 Å². The van der Waals surface area contributed by atoms with Crippen molar-refractivity contribution in [2.75, 3.05) is 12.8 Å². The van der Waals surface area contributed by atoms with Crippen molar-refractivity contribution in [1.29, 1.82) is 0 Å². The lowest BCUT2D eigenvalue weighted by molar-refractivity contribution is 0.0600. The van der Waals surface area contributed by atoms with Crippen molar-refractivity contribution in [3.8, 4) is 5.69 Å². The van der Waals surface area contributed by atoms with Gasteiger partial charge >= 0.3 is 5.97 Å². The molecule has 0 aliphatic rings. The van der Waals surface area contributed by atoms with Crippen LogP contribution in [-0.4, -0.2) is 28.8 Å². The first-order chi connectivity index (χ1) is 9.43. The number of halogens is 1. The highest BCUT2D eigenvalue weighted by atomic mass is 35.5. The van der Waals surface area contributed by atoms with Crippen LogP contribution in [0.4, 0.5) is 5.69 Å². The number of carbonyl (C=O) groups excluding carboxylic acids is 2. The van der Waals surface area contributed by atoms with Crippen LogP contribution in [0.25, 0.3) is 5.69 Å². The second kappa shape index (κ2) is 5.22. The third-order valence-electron chi connectivity index (χ3n) is 2.56. The number of nitrogens with two attached hydrogens (primary N) is 2. The molecule has 104 valence electrons. The molecule has 0 saturated carbocycles. The topological polar surface area (TPSA) is 113 Å². The number of nitrogens with zero attached hydrogens (tertiary/aromatic N) is 2. The van der Waals surface area contributed by atoms with Crippen molar-refractivity contribution in [2.24, 2.45) is 5.73 Å². The summed E-state index contributed by atoms with van der Waals surface area (Å²) in [5.41, 5.74) is 11.5. The number of carbonyl (C=O) groups is 2. The number of hydrogen-bond acceptors (Lipinski definition) is 5. The maximum atomic E-state index is 11.8. The molecule has 1 amide bonds. The minimum Gasteiger partial charge on any atom is -0.465 e. The SMILES string of the molecule is COC(=O)c1cc(N)cc(Cl)c1-n1ccc(C(N)=O)n1. The van der Waals surface area contributed by atoms with Gasteiger partial charge in [-0.2, -0.15) is 5.10 Å². The molecule has 8 heteroatoms. The van der Waals surface area contributed by atoms with Gasteiger partial charge in [-0.05, 0) is 18.2 Å². The normalized spacial score (nSPS) is 10.3. The van der Waals surface area contributed by atoms with Gasteiger partial charge in [-0.15, -0.1) is 0 Å². The van der Waals surface area contributed by atoms with Crippen LogP contribution < -0.4 is 11.5 Å². The highest BCUT2D eigenvalue weighted by Gasteiger charge is 2.19. The molecule has 1 heterocycles. The van der Waals surface area contributed by atoms with E-state index in [0.29, 0.717) is 5.69 Å². The van der Waals surface area contributed by atoms with Crippen molar-refractivity contribution < 1.29 is 14.3 Å². The molecule has 0 radical (unpaired) electrons. The Morgan fingerprint density at radius 1 is 1.40 bits per heavy atom. The van der Waals surface area contributed by atoms with E-state index < -0.39 is 11.9 Å². The number of esters is 1. The fraction of sp³-hybridized carbons (Fsp3) is 0.0833. The summed E-state index contributed by atoms with van der Waals surface area (Å²) in [6, 6.07) is 4.30. The van der Waals surface area contributed by atoms with E-state index in [9.17, 15) is 9.59 Å². The van der Waals surface area contributed by atoms with Crippen molar-refractivity contribution in [3.05, 3.63) is 40.7 Å². The van der Waals surface area contributed by atoms with Crippen LogP contribution in [0.2, 0.25) is 5.02 Å². The van der Waals surface area contributed by atoms with Crippen LogP contribution >= 0.6 is 11.6 Å². The van der Waals surface area contributed by atoms with Gasteiger partial charge < -0.3 is 16.2 Å². The summed E-state index contributed by atoms with van der Waals surface area (Å²) in [6.45, 7) is 0. The second-order valence-electron chi connectivity index (χ2n) is 3.90. The Hall–Kier alpha value is -2.54. The van der Waals surface area contributed by atoms with Crippen LogP contribution in [0.15, 0.2) is 24.4 Å². The van der Waals surface area contributed by atoms with Gasteiger partial charge in [-0.1, -0.05) is 11.6 Å². The molecule has 0 atom stereocenters. The third-order valence-corrected chi connectivity index (χ3v) is 2.85. The predicted octanol–water partition coefficient (Wildman–Crippen LogP) is 0.993. The summed E-state index contributed by atoms with van der Waals surface area (Å²) in [6.07, 6.45) is 1.46. The van der Waals surface area contributed by atoms with E-state index >= 15 is 0 Å². The molecular formula is C12H11ClN4O3. The fourth-order valence-corrected chi connectivity index (χ4v) is 2.01. The first-order valence-corrected chi connectivity index (χ1v) is 5.85. The molecule has 7 nitrogen and oxygen atoms in total. The Morgan fingerprint density at radius 2 is 2.10 bits per heavy atom. The summed E-state index contributed by atoms with van der Waals surface area (Å²) in [7, 11) is 1.24. The van der Waals surface area contributed by atoms with Crippen molar-refractivity contribution in [3.63, 3.8) is 0 Å². The lowest BCUT2D eigenvalue weighted by Gasteiger charge is -2.11. The van der Waals surface area contributed by atoms with Crippen LogP contribution in [-0.2, 0) is 4.74 Å². The highest BCUT2D eigenvalue weighted by molar-refractivity contribution is 6.33. The Balaban J connectivity index is 2.65. The van der Waals surface area contributed by atoms with Crippen molar-refractivity contribution in [2.45, 2.75) is 0 Å². The zero-order chi connectivity index (χ0) is 14.9. The molecule has 0 fully saturated rings. The second-order valence-corrected chi connectivity index (χ2v) is 4.31. The van der Waals surface area contributed by atoms with Crippen LogP contribution in [0.1, 0.15) is 20.8 Å². The number of rotatable bonds is 3. The summed E-state index contributed by atoms with van der Waals surface area (Å²) in [4.78, 5) is 22.8. The van der Waals surface area contributed by atoms with E-state index in [1.165, 1.54) is 36.2 Å². The summed E-state index contributed by atoms with van der Waals surface area (Å²) < 4.78 is 5.95. The minimum absolute atomic E-state index is 0.0497. The molecule has 2 rings (SSSR count). The largest absolute Gasteiger partial charge is 0.465 e. The Kier molecular flexibility index (Phi) is 3.62. The number of hydrogen-bond donors (Lipinski definition) is 2. The standard InChI is InChI=1S/C12H11ClN4O3/c1-20-12(19)7-4-6(14)5-8(13)10(7)17-3-2-9(16-17)11(15)18/h2-5H,14H2,1H3,(H2,15,18). The molecule has 2 aromatic rings. The number of anilines is 1. The average Bonchev–Trinajstić information content (AvgIpc) is 2.86. The van der Waals surface area contributed by atoms with Crippen molar-refractivity contribution in [1.82, 2.24) is 9.78 Å². The first kappa shape index (κ1) is 13.9. The van der Waals surface area contributed by atoms with E-state index in [1.54, 1.807) is 0 Å². The summed E-state index contributed by atoms with van der Waals surface area (Å²) in [5, 5.41) is 4.16. The number of amides is 1. The monoisotopic (exact) mass is 294 g/mol. The number of benzene rings is 1. The minimum atomic E-state index is -0.685. The molecular weight excluding hydrogens is 284 g/mol. The van der Waals surface area contributed by atoms with Gasteiger partial charge in [0, 0.05) is 11.9 Å². The van der Waals surface area contributed by atoms with E-state index in [1.807, 2.05) is 0 Å². The van der Waals surface area contributed by atoms with Crippen LogP contribution in [0.5, 0.6) is 0 Å². The molecule has 1 aromatic heterocycles. The molecule has 0 aliphatic heterocycles. The first-order valence-electron chi connectivity index (χ1n) is 5.47. The van der Waals surface area contributed by atoms with Gasteiger partial charge in [-0.3, -0.25) is 4.79 Å². The molecule has 0 spiro atoms. The molecule has 4 N–H and O–H groups in total. The maximum absolute atomic E-state index is 11.8. The van der Waals surface area contributed by atoms with Gasteiger partial charge in [0.15, 0.2) is 0 Å². The fourth-order valence-electron chi connectivity index (χ4n) is 1.70. The lowest BCUT2D eigenvalue weighted by Crippen LogP contribution is -2.14. The predicted molar refractivity (Wildman–Crippen MR) is 72.8 cm³/mol. The molecule has 20 heavy (non-hydrogen) atoms. The van der Waals surface area contributed by atoms with Crippen molar-refractivity contribution >= 4 is 29.2 Å².